The van der Waals surface area contributed by atoms with Crippen molar-refractivity contribution in [3.63, 3.8) is 0 Å². The number of carbonyl (C=O) groups is 1. The summed E-state index contributed by atoms with van der Waals surface area (Å²) in [4.78, 5) is 12.2. The van der Waals surface area contributed by atoms with Gasteiger partial charge in [0, 0.05) is 35.5 Å². The van der Waals surface area contributed by atoms with Crippen LogP contribution in [0.25, 0.3) is 22.1 Å². The lowest BCUT2D eigenvalue weighted by atomic mass is 10.00. The summed E-state index contributed by atoms with van der Waals surface area (Å²) in [6, 6.07) is 20.0. The molecule has 1 aromatic heterocycles. The first kappa shape index (κ1) is 25.3. The summed E-state index contributed by atoms with van der Waals surface area (Å²) in [7, 11) is 1.61. The Balaban J connectivity index is 1.69. The van der Waals surface area contributed by atoms with Gasteiger partial charge in [-0.2, -0.15) is 0 Å². The van der Waals surface area contributed by atoms with Crippen molar-refractivity contribution in [3.05, 3.63) is 83.1 Å². The Morgan fingerprint density at radius 2 is 1.83 bits per heavy atom. The molecule has 0 saturated carbocycles. The zero-order valence-electron chi connectivity index (χ0n) is 21.1. The van der Waals surface area contributed by atoms with Crippen molar-refractivity contribution in [1.82, 2.24) is 0 Å². The summed E-state index contributed by atoms with van der Waals surface area (Å²) >= 11 is 0. The van der Waals surface area contributed by atoms with Gasteiger partial charge in [0.1, 0.15) is 29.4 Å². The van der Waals surface area contributed by atoms with E-state index >= 15 is 0 Å². The predicted octanol–water partition coefficient (Wildman–Crippen LogP) is 6.20. The Hall–Kier alpha value is -3.77. The fraction of sp³-hybridized carbons (Fsp3) is 0.300. The van der Waals surface area contributed by atoms with E-state index in [4.69, 9.17) is 24.4 Å². The molecule has 0 atom stereocenters. The average Bonchev–Trinajstić information content (AvgIpc) is 3.24. The van der Waals surface area contributed by atoms with Gasteiger partial charge in [-0.3, -0.25) is 4.79 Å². The number of rotatable bonds is 11. The zero-order valence-corrected chi connectivity index (χ0v) is 21.1. The molecule has 1 heterocycles. The van der Waals surface area contributed by atoms with E-state index in [1.165, 1.54) is 0 Å². The first-order valence-electron chi connectivity index (χ1n) is 12.3. The van der Waals surface area contributed by atoms with Gasteiger partial charge >= 0.3 is 5.97 Å². The molecule has 36 heavy (non-hydrogen) atoms. The maximum absolute atomic E-state index is 12.2. The second-order valence-corrected chi connectivity index (χ2v) is 8.61. The summed E-state index contributed by atoms with van der Waals surface area (Å²) in [5, 5.41) is 1.02. The van der Waals surface area contributed by atoms with E-state index in [1.807, 2.05) is 30.3 Å². The number of aryl methyl sites for hydroxylation is 1. The largest absolute Gasteiger partial charge is 0.497 e. The van der Waals surface area contributed by atoms with Crippen molar-refractivity contribution in [2.24, 2.45) is 5.73 Å². The number of hydrogen-bond acceptors (Lipinski definition) is 6. The second-order valence-electron chi connectivity index (χ2n) is 8.61. The van der Waals surface area contributed by atoms with E-state index in [9.17, 15) is 4.79 Å². The van der Waals surface area contributed by atoms with Crippen molar-refractivity contribution in [2.75, 3.05) is 13.7 Å². The maximum Gasteiger partial charge on any atom is 0.310 e. The number of fused-ring (bicyclic) bond motifs is 1. The lowest BCUT2D eigenvalue weighted by molar-refractivity contribution is -0.142. The lowest BCUT2D eigenvalue weighted by Gasteiger charge is -2.13. The Labute approximate surface area is 212 Å². The Bertz CT molecular complexity index is 1340. The van der Waals surface area contributed by atoms with Gasteiger partial charge in [-0.15, -0.1) is 0 Å². The number of esters is 1. The van der Waals surface area contributed by atoms with E-state index in [1.54, 1.807) is 20.1 Å². The Morgan fingerprint density at radius 3 is 2.58 bits per heavy atom. The first-order chi connectivity index (χ1) is 17.6. The SMILES string of the molecule is CCCc1oc2ccc(-c3cccc(CN)c3)cc2c1COc1cc(OC)ccc1CC(=O)OCC. The highest BCUT2D eigenvalue weighted by Gasteiger charge is 2.18. The molecule has 0 saturated heterocycles. The standard InChI is InChI=1S/C30H33NO5/c1-4-7-27-26(19-35-29-17-24(33-3)12-10-23(29)16-30(32)34-5-2)25-15-22(11-13-28(25)36-27)21-9-6-8-20(14-21)18-31/h6,8-15,17H,4-5,7,16,18-19,31H2,1-3H3. The third-order valence-electron chi connectivity index (χ3n) is 6.13. The Morgan fingerprint density at radius 1 is 1.00 bits per heavy atom. The second kappa shape index (κ2) is 11.8. The molecular weight excluding hydrogens is 454 g/mol. The van der Waals surface area contributed by atoms with Crippen molar-refractivity contribution in [1.29, 1.82) is 0 Å². The molecule has 0 radical (unpaired) electrons. The molecule has 0 bridgehead atoms. The third kappa shape index (κ3) is 5.71. The minimum atomic E-state index is -0.294. The fourth-order valence-corrected chi connectivity index (χ4v) is 4.30. The van der Waals surface area contributed by atoms with Crippen LogP contribution in [-0.4, -0.2) is 19.7 Å². The normalized spacial score (nSPS) is 11.0. The minimum Gasteiger partial charge on any atom is -0.497 e. The molecule has 0 aliphatic carbocycles. The highest BCUT2D eigenvalue weighted by Crippen LogP contribution is 2.34. The van der Waals surface area contributed by atoms with Gasteiger partial charge in [-0.05, 0) is 54.3 Å². The van der Waals surface area contributed by atoms with Gasteiger partial charge < -0.3 is 24.4 Å². The van der Waals surface area contributed by atoms with Crippen LogP contribution in [0.1, 0.15) is 42.7 Å². The summed E-state index contributed by atoms with van der Waals surface area (Å²) in [6.45, 7) is 5.06. The molecule has 2 N–H and O–H groups in total. The van der Waals surface area contributed by atoms with Crippen molar-refractivity contribution < 1.29 is 23.4 Å². The van der Waals surface area contributed by atoms with E-state index < -0.39 is 0 Å². The molecule has 0 amide bonds. The van der Waals surface area contributed by atoms with E-state index in [0.717, 1.165) is 57.4 Å². The third-order valence-corrected chi connectivity index (χ3v) is 6.13. The predicted molar refractivity (Wildman–Crippen MR) is 141 cm³/mol. The number of benzene rings is 3. The number of nitrogens with two attached hydrogens (primary N) is 1. The van der Waals surface area contributed by atoms with Gasteiger partial charge in [-0.1, -0.05) is 37.3 Å². The Kier molecular flexibility index (Phi) is 8.28. The fourth-order valence-electron chi connectivity index (χ4n) is 4.30. The van der Waals surface area contributed by atoms with Crippen LogP contribution in [0.2, 0.25) is 0 Å². The highest BCUT2D eigenvalue weighted by atomic mass is 16.5. The van der Waals surface area contributed by atoms with Crippen molar-refractivity contribution >= 4 is 16.9 Å². The van der Waals surface area contributed by atoms with Gasteiger partial charge in [0.15, 0.2) is 0 Å². The molecule has 0 aliphatic rings. The summed E-state index contributed by atoms with van der Waals surface area (Å²) in [5.41, 5.74) is 11.7. The first-order valence-corrected chi connectivity index (χ1v) is 12.3. The molecule has 0 fully saturated rings. The zero-order chi connectivity index (χ0) is 25.5. The van der Waals surface area contributed by atoms with Crippen LogP contribution in [-0.2, 0) is 35.5 Å². The lowest BCUT2D eigenvalue weighted by Crippen LogP contribution is -2.09. The quantitative estimate of drug-likeness (QED) is 0.253. The van der Waals surface area contributed by atoms with Crippen LogP contribution >= 0.6 is 0 Å². The molecule has 3 aromatic carbocycles. The van der Waals surface area contributed by atoms with Crippen molar-refractivity contribution in [3.8, 4) is 22.6 Å². The number of carbonyl (C=O) groups excluding carboxylic acids is 1. The molecule has 0 unspecified atom stereocenters. The highest BCUT2D eigenvalue weighted by molar-refractivity contribution is 5.87. The molecule has 6 heteroatoms. The van der Waals surface area contributed by atoms with Gasteiger partial charge in [0.2, 0.25) is 0 Å². The number of hydrogen-bond donors (Lipinski definition) is 1. The van der Waals surface area contributed by atoms with E-state index in [2.05, 4.69) is 31.2 Å². The number of methoxy groups -OCH3 is 1. The summed E-state index contributed by atoms with van der Waals surface area (Å²) in [6.07, 6.45) is 1.88. The summed E-state index contributed by atoms with van der Waals surface area (Å²) in [5.74, 6) is 1.86. The number of ether oxygens (including phenoxy) is 3. The van der Waals surface area contributed by atoms with Crippen LogP contribution < -0.4 is 15.2 Å². The average molecular weight is 488 g/mol. The maximum atomic E-state index is 12.2. The van der Waals surface area contributed by atoms with Crippen LogP contribution in [0.3, 0.4) is 0 Å². The monoisotopic (exact) mass is 487 g/mol. The van der Waals surface area contributed by atoms with Crippen LogP contribution in [0, 0.1) is 0 Å². The smallest absolute Gasteiger partial charge is 0.310 e. The molecule has 6 nitrogen and oxygen atoms in total. The number of furan rings is 1. The molecule has 4 aromatic rings. The summed E-state index contributed by atoms with van der Waals surface area (Å²) < 4.78 is 23.1. The minimum absolute atomic E-state index is 0.128. The van der Waals surface area contributed by atoms with Gasteiger partial charge in [0.25, 0.3) is 0 Å². The molecule has 0 aliphatic heterocycles. The van der Waals surface area contributed by atoms with Crippen molar-refractivity contribution in [2.45, 2.75) is 46.3 Å². The molecule has 0 spiro atoms. The van der Waals surface area contributed by atoms with Crippen LogP contribution in [0.5, 0.6) is 11.5 Å². The van der Waals surface area contributed by atoms with Gasteiger partial charge in [0.05, 0.1) is 20.1 Å². The van der Waals surface area contributed by atoms with Crippen LogP contribution in [0.4, 0.5) is 0 Å². The van der Waals surface area contributed by atoms with E-state index in [0.29, 0.717) is 31.3 Å². The van der Waals surface area contributed by atoms with Crippen LogP contribution in [0.15, 0.2) is 65.1 Å². The van der Waals surface area contributed by atoms with Gasteiger partial charge in [-0.25, -0.2) is 0 Å². The van der Waals surface area contributed by atoms with E-state index in [-0.39, 0.29) is 12.4 Å². The molecule has 188 valence electrons. The molecule has 4 rings (SSSR count). The topological polar surface area (TPSA) is 83.9 Å². The molecular formula is C30H33NO5.